The Kier molecular flexibility index (Phi) is 4.20. The number of anilines is 1. The number of amides is 1. The molecular weight excluding hydrogens is 376 g/mol. The third kappa shape index (κ3) is 3.26. The maximum absolute atomic E-state index is 12.5. The monoisotopic (exact) mass is 390 g/mol. The van der Waals surface area contributed by atoms with Crippen LogP contribution in [-0.4, -0.2) is 10.9 Å². The van der Waals surface area contributed by atoms with Gasteiger partial charge in [-0.1, -0.05) is 70.5 Å². The van der Waals surface area contributed by atoms with Gasteiger partial charge in [0.1, 0.15) is 5.82 Å². The lowest BCUT2D eigenvalue weighted by atomic mass is 10.1. The number of hydrogen-bond acceptors (Lipinski definition) is 2. The lowest BCUT2D eigenvalue weighted by molar-refractivity contribution is -0.115. The third-order valence-electron chi connectivity index (χ3n) is 4.14. The van der Waals surface area contributed by atoms with E-state index in [2.05, 4.69) is 38.4 Å². The molecule has 0 saturated carbocycles. The normalized spacial score (nSPS) is 10.9. The van der Waals surface area contributed by atoms with Crippen molar-refractivity contribution in [3.63, 3.8) is 0 Å². The molecule has 0 aliphatic rings. The van der Waals surface area contributed by atoms with Crippen LogP contribution in [0.15, 0.2) is 77.3 Å². The number of fused-ring (bicyclic) bond motifs is 3. The molecule has 0 saturated heterocycles. The van der Waals surface area contributed by atoms with Gasteiger partial charge < -0.3 is 5.32 Å². The number of nitrogens with one attached hydrogen (secondary N) is 1. The molecule has 0 fully saturated rings. The van der Waals surface area contributed by atoms with Crippen LogP contribution in [0.5, 0.6) is 0 Å². The summed E-state index contributed by atoms with van der Waals surface area (Å²) >= 11 is 3.41. The Morgan fingerprint density at radius 3 is 2.24 bits per heavy atom. The van der Waals surface area contributed by atoms with Crippen molar-refractivity contribution in [2.75, 3.05) is 5.32 Å². The molecule has 4 aromatic rings. The number of hydrogen-bond donors (Lipinski definition) is 1. The van der Waals surface area contributed by atoms with Gasteiger partial charge in [-0.05, 0) is 29.1 Å². The minimum atomic E-state index is -0.0738. The van der Waals surface area contributed by atoms with Crippen LogP contribution in [0.1, 0.15) is 5.56 Å². The quantitative estimate of drug-likeness (QED) is 0.480. The largest absolute Gasteiger partial charge is 0.310 e. The van der Waals surface area contributed by atoms with Crippen molar-refractivity contribution in [1.82, 2.24) is 4.98 Å². The highest BCUT2D eigenvalue weighted by atomic mass is 79.9. The topological polar surface area (TPSA) is 42.0 Å². The molecule has 1 amide bonds. The van der Waals surface area contributed by atoms with Crippen molar-refractivity contribution in [3.8, 4) is 0 Å². The number of rotatable bonds is 3. The first-order valence-corrected chi connectivity index (χ1v) is 8.82. The van der Waals surface area contributed by atoms with Gasteiger partial charge in [-0.2, -0.15) is 0 Å². The van der Waals surface area contributed by atoms with Crippen LogP contribution in [0, 0.1) is 0 Å². The van der Waals surface area contributed by atoms with Gasteiger partial charge in [-0.25, -0.2) is 4.98 Å². The first kappa shape index (κ1) is 15.8. The molecule has 0 radical (unpaired) electrons. The number of aromatic nitrogens is 1. The molecule has 1 heterocycles. The highest BCUT2D eigenvalue weighted by Crippen LogP contribution is 2.29. The molecule has 122 valence electrons. The molecule has 25 heavy (non-hydrogen) atoms. The van der Waals surface area contributed by atoms with Gasteiger partial charge in [0, 0.05) is 15.2 Å². The van der Waals surface area contributed by atoms with E-state index in [1.165, 1.54) is 0 Å². The molecule has 3 nitrogen and oxygen atoms in total. The van der Waals surface area contributed by atoms with E-state index >= 15 is 0 Å². The van der Waals surface area contributed by atoms with Crippen LogP contribution in [0.2, 0.25) is 0 Å². The summed E-state index contributed by atoms with van der Waals surface area (Å²) in [5, 5.41) is 6.10. The average molecular weight is 391 g/mol. The Balaban J connectivity index is 1.70. The number of carbonyl (C=O) groups excluding carboxylic acids is 1. The highest BCUT2D eigenvalue weighted by Gasteiger charge is 2.11. The van der Waals surface area contributed by atoms with Gasteiger partial charge in [-0.15, -0.1) is 0 Å². The molecule has 4 heteroatoms. The SMILES string of the molecule is O=C(Cc1ccc(Br)cc1)Nc1nc2ccccc2c2ccccc12. The van der Waals surface area contributed by atoms with Crippen LogP contribution in [0.4, 0.5) is 5.82 Å². The van der Waals surface area contributed by atoms with Crippen LogP contribution in [0.3, 0.4) is 0 Å². The second kappa shape index (κ2) is 6.65. The molecule has 1 aromatic heterocycles. The van der Waals surface area contributed by atoms with Gasteiger partial charge in [0.2, 0.25) is 5.91 Å². The van der Waals surface area contributed by atoms with Crippen molar-refractivity contribution in [3.05, 3.63) is 82.8 Å². The Hall–Kier alpha value is -2.72. The number of carbonyl (C=O) groups is 1. The summed E-state index contributed by atoms with van der Waals surface area (Å²) < 4.78 is 0.999. The van der Waals surface area contributed by atoms with Crippen molar-refractivity contribution in [2.24, 2.45) is 0 Å². The zero-order valence-corrected chi connectivity index (χ0v) is 15.0. The fourth-order valence-corrected chi connectivity index (χ4v) is 3.23. The van der Waals surface area contributed by atoms with E-state index in [0.717, 1.165) is 31.7 Å². The minimum Gasteiger partial charge on any atom is -0.310 e. The van der Waals surface area contributed by atoms with E-state index in [0.29, 0.717) is 12.2 Å². The molecular formula is C21H15BrN2O. The molecule has 0 bridgehead atoms. The van der Waals surface area contributed by atoms with E-state index in [9.17, 15) is 4.79 Å². The van der Waals surface area contributed by atoms with Crippen LogP contribution < -0.4 is 5.32 Å². The number of para-hydroxylation sites is 1. The third-order valence-corrected chi connectivity index (χ3v) is 4.67. The van der Waals surface area contributed by atoms with Crippen LogP contribution in [0.25, 0.3) is 21.7 Å². The lowest BCUT2D eigenvalue weighted by Crippen LogP contribution is -2.15. The van der Waals surface area contributed by atoms with Crippen LogP contribution >= 0.6 is 15.9 Å². The molecule has 4 rings (SSSR count). The summed E-state index contributed by atoms with van der Waals surface area (Å²) in [4.78, 5) is 17.1. The summed E-state index contributed by atoms with van der Waals surface area (Å²) in [5.74, 6) is 0.534. The maximum atomic E-state index is 12.5. The number of halogens is 1. The van der Waals surface area contributed by atoms with Crippen molar-refractivity contribution in [1.29, 1.82) is 0 Å². The van der Waals surface area contributed by atoms with Gasteiger partial charge in [-0.3, -0.25) is 4.79 Å². The van der Waals surface area contributed by atoms with E-state index < -0.39 is 0 Å². The lowest BCUT2D eigenvalue weighted by Gasteiger charge is -2.11. The average Bonchev–Trinajstić information content (AvgIpc) is 2.64. The van der Waals surface area contributed by atoms with Gasteiger partial charge in [0.15, 0.2) is 0 Å². The molecule has 0 atom stereocenters. The molecule has 0 aliphatic heterocycles. The molecule has 0 unspecified atom stereocenters. The summed E-state index contributed by atoms with van der Waals surface area (Å²) in [6.45, 7) is 0. The zero-order valence-electron chi connectivity index (χ0n) is 13.4. The second-order valence-corrected chi connectivity index (χ2v) is 6.79. The summed E-state index contributed by atoms with van der Waals surface area (Å²) in [6.07, 6.45) is 0.316. The van der Waals surface area contributed by atoms with Crippen molar-refractivity contribution < 1.29 is 4.79 Å². The van der Waals surface area contributed by atoms with Crippen molar-refractivity contribution in [2.45, 2.75) is 6.42 Å². The van der Waals surface area contributed by atoms with E-state index in [1.807, 2.05) is 60.7 Å². The Morgan fingerprint density at radius 1 is 0.840 bits per heavy atom. The molecule has 0 aliphatic carbocycles. The fourth-order valence-electron chi connectivity index (χ4n) is 2.96. The number of benzene rings is 3. The first-order valence-electron chi connectivity index (χ1n) is 8.02. The molecule has 3 aromatic carbocycles. The van der Waals surface area contributed by atoms with E-state index in [1.54, 1.807) is 0 Å². The molecule has 1 N–H and O–H groups in total. The minimum absolute atomic E-state index is 0.0738. The van der Waals surface area contributed by atoms with E-state index in [4.69, 9.17) is 0 Å². The Morgan fingerprint density at radius 2 is 1.48 bits per heavy atom. The summed E-state index contributed by atoms with van der Waals surface area (Å²) in [6, 6.07) is 23.7. The summed E-state index contributed by atoms with van der Waals surface area (Å²) in [7, 11) is 0. The van der Waals surface area contributed by atoms with Crippen molar-refractivity contribution >= 4 is 49.3 Å². The highest BCUT2D eigenvalue weighted by molar-refractivity contribution is 9.10. The predicted octanol–water partition coefficient (Wildman–Crippen LogP) is 5.33. The predicted molar refractivity (Wildman–Crippen MR) is 106 cm³/mol. The zero-order chi connectivity index (χ0) is 17.2. The van der Waals surface area contributed by atoms with Gasteiger partial charge >= 0.3 is 0 Å². The standard InChI is InChI=1S/C21H15BrN2O/c22-15-11-9-14(10-12-15)13-20(25)24-21-18-7-2-1-5-16(18)17-6-3-4-8-19(17)23-21/h1-12H,13H2,(H,23,24,25). The Labute approximate surface area is 153 Å². The van der Waals surface area contributed by atoms with Gasteiger partial charge in [0.05, 0.1) is 11.9 Å². The number of nitrogens with zero attached hydrogens (tertiary/aromatic N) is 1. The van der Waals surface area contributed by atoms with Crippen LogP contribution in [-0.2, 0) is 11.2 Å². The van der Waals surface area contributed by atoms with E-state index in [-0.39, 0.29) is 5.91 Å². The second-order valence-electron chi connectivity index (χ2n) is 5.87. The molecule has 0 spiro atoms. The number of pyridine rings is 1. The maximum Gasteiger partial charge on any atom is 0.229 e. The smallest absolute Gasteiger partial charge is 0.229 e. The first-order chi connectivity index (χ1) is 12.2. The summed E-state index contributed by atoms with van der Waals surface area (Å²) in [5.41, 5.74) is 1.84. The Bertz CT molecular complexity index is 1070. The fraction of sp³-hybridized carbons (Fsp3) is 0.0476. The van der Waals surface area contributed by atoms with Gasteiger partial charge in [0.25, 0.3) is 0 Å².